The third kappa shape index (κ3) is 4.95. The molecule has 0 aliphatic rings. The highest BCUT2D eigenvalue weighted by molar-refractivity contribution is 5.73. The van der Waals surface area contributed by atoms with E-state index in [2.05, 4.69) is 30.4 Å². The van der Waals surface area contributed by atoms with Crippen molar-refractivity contribution in [3.05, 3.63) is 71.3 Å². The van der Waals surface area contributed by atoms with E-state index in [-0.39, 0.29) is 6.03 Å². The van der Waals surface area contributed by atoms with Gasteiger partial charge in [0.1, 0.15) is 0 Å². The lowest BCUT2D eigenvalue weighted by molar-refractivity contribution is 0.207. The number of nitrogens with zero attached hydrogens (tertiary/aromatic N) is 1. The van der Waals surface area contributed by atoms with Crippen molar-refractivity contribution in [2.45, 2.75) is 19.9 Å². The molecule has 0 spiro atoms. The SMILES string of the molecule is Cc1cccc(CCNC(=O)N(C)Cc2ccccc2)c1. The van der Waals surface area contributed by atoms with E-state index in [1.807, 2.05) is 43.4 Å². The van der Waals surface area contributed by atoms with Crippen LogP contribution in [0.5, 0.6) is 0 Å². The lowest BCUT2D eigenvalue weighted by atomic mass is 10.1. The number of benzene rings is 2. The molecule has 2 aromatic carbocycles. The molecule has 0 radical (unpaired) electrons. The third-order valence-electron chi connectivity index (χ3n) is 3.38. The summed E-state index contributed by atoms with van der Waals surface area (Å²) in [5.74, 6) is 0. The maximum absolute atomic E-state index is 12.0. The molecule has 21 heavy (non-hydrogen) atoms. The van der Waals surface area contributed by atoms with E-state index in [0.29, 0.717) is 13.1 Å². The van der Waals surface area contributed by atoms with Crippen molar-refractivity contribution in [1.82, 2.24) is 10.2 Å². The molecule has 2 aromatic rings. The number of hydrogen-bond donors (Lipinski definition) is 1. The molecule has 0 saturated heterocycles. The highest BCUT2D eigenvalue weighted by Crippen LogP contribution is 2.05. The average molecular weight is 282 g/mol. The number of carbonyl (C=O) groups is 1. The van der Waals surface area contributed by atoms with Gasteiger partial charge in [-0.3, -0.25) is 0 Å². The molecule has 110 valence electrons. The summed E-state index contributed by atoms with van der Waals surface area (Å²) in [6.45, 7) is 3.36. The predicted octanol–water partition coefficient (Wildman–Crippen LogP) is 3.38. The molecule has 0 aliphatic heterocycles. The fourth-order valence-corrected chi connectivity index (χ4v) is 2.25. The molecular weight excluding hydrogens is 260 g/mol. The van der Waals surface area contributed by atoms with Crippen molar-refractivity contribution in [1.29, 1.82) is 0 Å². The van der Waals surface area contributed by atoms with Gasteiger partial charge in [0.05, 0.1) is 0 Å². The normalized spacial score (nSPS) is 10.2. The van der Waals surface area contributed by atoms with Crippen LogP contribution in [0.4, 0.5) is 4.79 Å². The highest BCUT2D eigenvalue weighted by Gasteiger charge is 2.07. The van der Waals surface area contributed by atoms with E-state index in [1.54, 1.807) is 4.90 Å². The van der Waals surface area contributed by atoms with Gasteiger partial charge in [0, 0.05) is 20.1 Å². The molecule has 0 bridgehead atoms. The Morgan fingerprint density at radius 3 is 2.48 bits per heavy atom. The van der Waals surface area contributed by atoms with Crippen LogP contribution in [0.15, 0.2) is 54.6 Å². The molecule has 0 atom stereocenters. The summed E-state index contributed by atoms with van der Waals surface area (Å²) in [7, 11) is 1.81. The van der Waals surface area contributed by atoms with E-state index in [0.717, 1.165) is 12.0 Å². The van der Waals surface area contributed by atoms with E-state index in [1.165, 1.54) is 11.1 Å². The van der Waals surface area contributed by atoms with E-state index in [9.17, 15) is 4.79 Å². The number of rotatable bonds is 5. The first kappa shape index (κ1) is 15.1. The number of carbonyl (C=O) groups excluding carboxylic acids is 1. The van der Waals surface area contributed by atoms with Crippen LogP contribution < -0.4 is 5.32 Å². The predicted molar refractivity (Wildman–Crippen MR) is 86.2 cm³/mol. The van der Waals surface area contributed by atoms with Crippen LogP contribution >= 0.6 is 0 Å². The van der Waals surface area contributed by atoms with Crippen LogP contribution in [-0.4, -0.2) is 24.5 Å². The van der Waals surface area contributed by atoms with Crippen molar-refractivity contribution in [2.75, 3.05) is 13.6 Å². The van der Waals surface area contributed by atoms with Gasteiger partial charge in [0.15, 0.2) is 0 Å². The smallest absolute Gasteiger partial charge is 0.317 e. The Labute approximate surface area is 126 Å². The van der Waals surface area contributed by atoms with Gasteiger partial charge < -0.3 is 10.2 Å². The Balaban J connectivity index is 1.76. The van der Waals surface area contributed by atoms with E-state index in [4.69, 9.17) is 0 Å². The summed E-state index contributed by atoms with van der Waals surface area (Å²) in [4.78, 5) is 13.7. The maximum atomic E-state index is 12.0. The number of amides is 2. The maximum Gasteiger partial charge on any atom is 0.317 e. The van der Waals surface area contributed by atoms with Crippen LogP contribution in [0.1, 0.15) is 16.7 Å². The summed E-state index contributed by atoms with van der Waals surface area (Å²) in [5, 5.41) is 2.96. The Morgan fingerprint density at radius 2 is 1.76 bits per heavy atom. The molecular formula is C18H22N2O. The van der Waals surface area contributed by atoms with Crippen molar-refractivity contribution >= 4 is 6.03 Å². The van der Waals surface area contributed by atoms with Gasteiger partial charge in [-0.05, 0) is 24.5 Å². The van der Waals surface area contributed by atoms with E-state index < -0.39 is 0 Å². The zero-order chi connectivity index (χ0) is 15.1. The lowest BCUT2D eigenvalue weighted by Gasteiger charge is -2.18. The monoisotopic (exact) mass is 282 g/mol. The summed E-state index contributed by atoms with van der Waals surface area (Å²) in [6.07, 6.45) is 0.854. The first-order chi connectivity index (χ1) is 10.1. The summed E-state index contributed by atoms with van der Waals surface area (Å²) >= 11 is 0. The van der Waals surface area contributed by atoms with Crippen LogP contribution in [0.3, 0.4) is 0 Å². The Kier molecular flexibility index (Phi) is 5.38. The Bertz CT molecular complexity index is 581. The molecule has 0 aromatic heterocycles. The van der Waals surface area contributed by atoms with Gasteiger partial charge >= 0.3 is 6.03 Å². The second-order valence-electron chi connectivity index (χ2n) is 5.31. The van der Waals surface area contributed by atoms with Crippen molar-refractivity contribution in [2.24, 2.45) is 0 Å². The van der Waals surface area contributed by atoms with Crippen LogP contribution in [0, 0.1) is 6.92 Å². The summed E-state index contributed by atoms with van der Waals surface area (Å²) < 4.78 is 0. The number of nitrogens with one attached hydrogen (secondary N) is 1. The zero-order valence-corrected chi connectivity index (χ0v) is 12.7. The van der Waals surface area contributed by atoms with Crippen LogP contribution in [0.25, 0.3) is 0 Å². The number of hydrogen-bond acceptors (Lipinski definition) is 1. The van der Waals surface area contributed by atoms with Gasteiger partial charge in [-0.1, -0.05) is 60.2 Å². The van der Waals surface area contributed by atoms with Gasteiger partial charge in [-0.2, -0.15) is 0 Å². The van der Waals surface area contributed by atoms with Gasteiger partial charge in [0.2, 0.25) is 0 Å². The van der Waals surface area contributed by atoms with Gasteiger partial charge in [-0.25, -0.2) is 4.79 Å². The van der Waals surface area contributed by atoms with Gasteiger partial charge in [0.25, 0.3) is 0 Å². The quantitative estimate of drug-likeness (QED) is 0.896. The Hall–Kier alpha value is -2.29. The second-order valence-corrected chi connectivity index (χ2v) is 5.31. The lowest BCUT2D eigenvalue weighted by Crippen LogP contribution is -2.37. The molecule has 3 nitrogen and oxygen atoms in total. The summed E-state index contributed by atoms with van der Waals surface area (Å²) in [6, 6.07) is 18.3. The first-order valence-corrected chi connectivity index (χ1v) is 7.23. The molecule has 0 saturated carbocycles. The molecule has 2 amide bonds. The van der Waals surface area contributed by atoms with E-state index >= 15 is 0 Å². The summed E-state index contributed by atoms with van der Waals surface area (Å²) in [5.41, 5.74) is 3.63. The minimum Gasteiger partial charge on any atom is -0.338 e. The molecule has 1 N–H and O–H groups in total. The molecule has 0 heterocycles. The van der Waals surface area contributed by atoms with Crippen molar-refractivity contribution in [3.63, 3.8) is 0 Å². The number of aryl methyl sites for hydroxylation is 1. The molecule has 0 fully saturated rings. The van der Waals surface area contributed by atoms with Crippen LogP contribution in [-0.2, 0) is 13.0 Å². The fraction of sp³-hybridized carbons (Fsp3) is 0.278. The highest BCUT2D eigenvalue weighted by atomic mass is 16.2. The standard InChI is InChI=1S/C18H22N2O/c1-15-7-6-10-16(13-15)11-12-19-18(21)20(2)14-17-8-4-3-5-9-17/h3-10,13H,11-12,14H2,1-2H3,(H,19,21). The van der Waals surface area contributed by atoms with Crippen LogP contribution in [0.2, 0.25) is 0 Å². The minimum atomic E-state index is -0.0356. The largest absolute Gasteiger partial charge is 0.338 e. The van der Waals surface area contributed by atoms with Crippen molar-refractivity contribution in [3.8, 4) is 0 Å². The van der Waals surface area contributed by atoms with Gasteiger partial charge in [-0.15, -0.1) is 0 Å². The number of urea groups is 1. The fourth-order valence-electron chi connectivity index (χ4n) is 2.25. The molecule has 2 rings (SSSR count). The second kappa shape index (κ2) is 7.48. The average Bonchev–Trinajstić information content (AvgIpc) is 2.48. The minimum absolute atomic E-state index is 0.0356. The van der Waals surface area contributed by atoms with Crippen molar-refractivity contribution < 1.29 is 4.79 Å². The Morgan fingerprint density at radius 1 is 1.05 bits per heavy atom. The molecule has 0 aliphatic carbocycles. The third-order valence-corrected chi connectivity index (χ3v) is 3.38. The topological polar surface area (TPSA) is 32.3 Å². The molecule has 3 heteroatoms. The molecule has 0 unspecified atom stereocenters. The first-order valence-electron chi connectivity index (χ1n) is 7.23. The zero-order valence-electron chi connectivity index (χ0n) is 12.7.